The molecule has 0 aliphatic carbocycles. The Morgan fingerprint density at radius 2 is 1.95 bits per heavy atom. The third-order valence-corrected chi connectivity index (χ3v) is 4.29. The Morgan fingerprint density at radius 1 is 1.32 bits per heavy atom. The van der Waals surface area contributed by atoms with Gasteiger partial charge >= 0.3 is 0 Å². The fraction of sp³-hybridized carbons (Fsp3) is 0.538. The Bertz CT molecular complexity index is 538. The minimum Gasteiger partial charge on any atom is -0.493 e. The molecule has 0 saturated carbocycles. The van der Waals surface area contributed by atoms with Crippen LogP contribution in [0.15, 0.2) is 23.1 Å². The van der Waals surface area contributed by atoms with Gasteiger partial charge in [0.2, 0.25) is 0 Å². The van der Waals surface area contributed by atoms with Crippen molar-refractivity contribution in [2.45, 2.75) is 37.7 Å². The first-order chi connectivity index (χ1) is 8.65. The van der Waals surface area contributed by atoms with Crippen LogP contribution in [0.4, 0.5) is 0 Å². The molecule has 0 bridgehead atoms. The second-order valence-corrected chi connectivity index (χ2v) is 7.49. The Morgan fingerprint density at radius 3 is 2.42 bits per heavy atom. The van der Waals surface area contributed by atoms with Gasteiger partial charge in [-0.2, -0.15) is 0 Å². The summed E-state index contributed by atoms with van der Waals surface area (Å²) in [6.07, 6.45) is 0.735. The van der Waals surface area contributed by atoms with Crippen LogP contribution in [0.1, 0.15) is 25.8 Å². The van der Waals surface area contributed by atoms with E-state index in [0.29, 0.717) is 12.4 Å². The van der Waals surface area contributed by atoms with Crippen LogP contribution >= 0.6 is 10.7 Å². The summed E-state index contributed by atoms with van der Waals surface area (Å²) in [6, 6.07) is 4.55. The number of aryl methyl sites for hydroxylation is 1. The highest BCUT2D eigenvalue weighted by Crippen LogP contribution is 2.24. The zero-order chi connectivity index (χ0) is 14.7. The van der Waals surface area contributed by atoms with Crippen LogP contribution in [0.2, 0.25) is 0 Å². The maximum atomic E-state index is 11.2. The Kier molecular flexibility index (Phi) is 5.24. The minimum atomic E-state index is -3.69. The van der Waals surface area contributed by atoms with E-state index in [0.717, 1.165) is 12.0 Å². The topological polar surface area (TPSA) is 52.6 Å². The number of halogens is 1. The summed E-state index contributed by atoms with van der Waals surface area (Å²) < 4.78 is 33.3. The second kappa shape index (κ2) is 6.11. The predicted octanol–water partition coefficient (Wildman–Crippen LogP) is 3.12. The highest BCUT2D eigenvalue weighted by molar-refractivity contribution is 8.13. The first-order valence-corrected chi connectivity index (χ1v) is 8.20. The zero-order valence-corrected chi connectivity index (χ0v) is 13.1. The molecule has 4 nitrogen and oxygen atoms in total. The van der Waals surface area contributed by atoms with E-state index < -0.39 is 9.05 Å². The molecule has 0 spiro atoms. The SMILES string of the molecule is COC(C)(C)CCOc1ccc(S(=O)(=O)Cl)cc1C. The Hall–Kier alpha value is -0.780. The predicted molar refractivity (Wildman–Crippen MR) is 75.4 cm³/mol. The third-order valence-electron chi connectivity index (χ3n) is 2.94. The molecule has 0 aromatic heterocycles. The van der Waals surface area contributed by atoms with Crippen molar-refractivity contribution < 1.29 is 17.9 Å². The van der Waals surface area contributed by atoms with Gasteiger partial charge in [0.1, 0.15) is 5.75 Å². The lowest BCUT2D eigenvalue weighted by Crippen LogP contribution is -2.25. The van der Waals surface area contributed by atoms with Crippen LogP contribution in [-0.2, 0) is 13.8 Å². The van der Waals surface area contributed by atoms with Crippen LogP contribution in [0, 0.1) is 6.92 Å². The molecule has 0 amide bonds. The van der Waals surface area contributed by atoms with Gasteiger partial charge < -0.3 is 9.47 Å². The summed E-state index contributed by atoms with van der Waals surface area (Å²) in [5, 5.41) is 0. The lowest BCUT2D eigenvalue weighted by Gasteiger charge is -2.22. The van der Waals surface area contributed by atoms with Gasteiger partial charge in [-0.25, -0.2) is 8.42 Å². The Balaban J connectivity index is 2.72. The quantitative estimate of drug-likeness (QED) is 0.758. The van der Waals surface area contributed by atoms with Gasteiger partial charge in [-0.15, -0.1) is 0 Å². The largest absolute Gasteiger partial charge is 0.493 e. The van der Waals surface area contributed by atoms with Crippen LogP contribution in [0.5, 0.6) is 5.75 Å². The number of benzene rings is 1. The first kappa shape index (κ1) is 16.3. The van der Waals surface area contributed by atoms with Crippen molar-refractivity contribution in [3.63, 3.8) is 0 Å². The van der Waals surface area contributed by atoms with E-state index in [-0.39, 0.29) is 10.5 Å². The van der Waals surface area contributed by atoms with Crippen molar-refractivity contribution in [2.24, 2.45) is 0 Å². The van der Waals surface area contributed by atoms with Crippen LogP contribution in [0.3, 0.4) is 0 Å². The molecule has 0 atom stereocenters. The van der Waals surface area contributed by atoms with Crippen molar-refractivity contribution >= 4 is 19.7 Å². The van der Waals surface area contributed by atoms with E-state index in [9.17, 15) is 8.42 Å². The molecule has 1 aromatic rings. The lowest BCUT2D eigenvalue weighted by molar-refractivity contribution is 0.00539. The smallest absolute Gasteiger partial charge is 0.261 e. The standard InChI is InChI=1S/C13H19ClO4S/c1-10-9-11(19(14,15)16)5-6-12(10)18-8-7-13(2,3)17-4/h5-6,9H,7-8H2,1-4H3. The van der Waals surface area contributed by atoms with Gasteiger partial charge in [0, 0.05) is 24.2 Å². The van der Waals surface area contributed by atoms with Gasteiger partial charge in [0.05, 0.1) is 17.1 Å². The number of hydrogen-bond acceptors (Lipinski definition) is 4. The van der Waals surface area contributed by atoms with Gasteiger partial charge in [-0.05, 0) is 44.5 Å². The van der Waals surface area contributed by atoms with E-state index in [1.54, 1.807) is 20.1 Å². The normalized spacial score (nSPS) is 12.5. The van der Waals surface area contributed by atoms with E-state index in [2.05, 4.69) is 0 Å². The van der Waals surface area contributed by atoms with Gasteiger partial charge in [-0.1, -0.05) is 0 Å². The molecule has 0 unspecified atom stereocenters. The molecule has 1 rings (SSSR count). The molecular weight excluding hydrogens is 288 g/mol. The van der Waals surface area contributed by atoms with Crippen molar-refractivity contribution in [1.29, 1.82) is 0 Å². The van der Waals surface area contributed by atoms with Crippen LogP contribution in [0.25, 0.3) is 0 Å². The summed E-state index contributed by atoms with van der Waals surface area (Å²) in [4.78, 5) is 0.0799. The maximum Gasteiger partial charge on any atom is 0.261 e. The minimum absolute atomic E-state index is 0.0799. The molecule has 0 N–H and O–H groups in total. The molecule has 0 aliphatic rings. The molecule has 0 heterocycles. The molecule has 1 aromatic carbocycles. The molecule has 0 radical (unpaired) electrons. The highest BCUT2D eigenvalue weighted by Gasteiger charge is 2.17. The highest BCUT2D eigenvalue weighted by atomic mass is 35.7. The fourth-order valence-corrected chi connectivity index (χ4v) is 2.28. The monoisotopic (exact) mass is 306 g/mol. The number of ether oxygens (including phenoxy) is 2. The van der Waals surface area contributed by atoms with E-state index >= 15 is 0 Å². The van der Waals surface area contributed by atoms with Crippen molar-refractivity contribution in [3.05, 3.63) is 23.8 Å². The average Bonchev–Trinajstić information content (AvgIpc) is 2.30. The number of rotatable bonds is 6. The first-order valence-electron chi connectivity index (χ1n) is 5.89. The van der Waals surface area contributed by atoms with Gasteiger partial charge in [0.25, 0.3) is 9.05 Å². The zero-order valence-electron chi connectivity index (χ0n) is 11.6. The van der Waals surface area contributed by atoms with E-state index in [4.69, 9.17) is 20.2 Å². The van der Waals surface area contributed by atoms with E-state index in [1.807, 2.05) is 13.8 Å². The molecule has 0 aliphatic heterocycles. The number of methoxy groups -OCH3 is 1. The lowest BCUT2D eigenvalue weighted by atomic mass is 10.1. The molecule has 6 heteroatoms. The second-order valence-electron chi connectivity index (χ2n) is 4.93. The molecule has 0 fully saturated rings. The van der Waals surface area contributed by atoms with Gasteiger partial charge in [0.15, 0.2) is 0 Å². The summed E-state index contributed by atoms with van der Waals surface area (Å²) in [7, 11) is 3.25. The van der Waals surface area contributed by atoms with Crippen molar-refractivity contribution in [1.82, 2.24) is 0 Å². The van der Waals surface area contributed by atoms with Crippen molar-refractivity contribution in [2.75, 3.05) is 13.7 Å². The summed E-state index contributed by atoms with van der Waals surface area (Å²) in [6.45, 7) is 6.23. The Labute approximate surface area is 119 Å². The fourth-order valence-electron chi connectivity index (χ4n) is 1.44. The molecule has 19 heavy (non-hydrogen) atoms. The molecular formula is C13H19ClO4S. The third kappa shape index (κ3) is 5.01. The summed E-state index contributed by atoms with van der Waals surface area (Å²) in [5.74, 6) is 0.649. The molecule has 108 valence electrons. The van der Waals surface area contributed by atoms with Gasteiger partial charge in [-0.3, -0.25) is 0 Å². The van der Waals surface area contributed by atoms with Crippen LogP contribution < -0.4 is 4.74 Å². The summed E-state index contributed by atoms with van der Waals surface area (Å²) >= 11 is 0. The average molecular weight is 307 g/mol. The maximum absolute atomic E-state index is 11.2. The van der Waals surface area contributed by atoms with Crippen molar-refractivity contribution in [3.8, 4) is 5.75 Å². The summed E-state index contributed by atoms with van der Waals surface area (Å²) in [5.41, 5.74) is 0.491. The molecule has 0 saturated heterocycles. The van der Waals surface area contributed by atoms with E-state index in [1.165, 1.54) is 12.1 Å². The number of hydrogen-bond donors (Lipinski definition) is 0. The van der Waals surface area contributed by atoms with Crippen LogP contribution in [-0.4, -0.2) is 27.7 Å².